The second kappa shape index (κ2) is 7.66. The summed E-state index contributed by atoms with van der Waals surface area (Å²) in [7, 11) is -3.87. The van der Waals surface area contributed by atoms with E-state index in [2.05, 4.69) is 4.72 Å². The number of aryl methyl sites for hydroxylation is 1. The molecule has 0 aromatic heterocycles. The maximum Gasteiger partial charge on any atom is 0.302 e. The number of phenolic OH excluding ortho intramolecular Hbond substituents is 1. The number of rotatable bonds is 7. The van der Waals surface area contributed by atoms with E-state index in [1.165, 1.54) is 6.07 Å². The van der Waals surface area contributed by atoms with Crippen molar-refractivity contribution in [1.82, 2.24) is 4.72 Å². The molecule has 27 heavy (non-hydrogen) atoms. The van der Waals surface area contributed by atoms with Gasteiger partial charge in [-0.3, -0.25) is 4.31 Å². The highest BCUT2D eigenvalue weighted by Crippen LogP contribution is 2.35. The minimum absolute atomic E-state index is 0.0599. The zero-order valence-electron chi connectivity index (χ0n) is 15.0. The first-order valence-corrected chi connectivity index (χ1v) is 10.2. The monoisotopic (exact) mass is 390 g/mol. The number of unbranched alkanes of at least 4 members (excludes halogenated alkanes) is 1. The van der Waals surface area contributed by atoms with E-state index in [1.807, 2.05) is 18.2 Å². The van der Waals surface area contributed by atoms with Gasteiger partial charge in [-0.1, -0.05) is 18.2 Å². The van der Waals surface area contributed by atoms with Crippen molar-refractivity contribution in [3.8, 4) is 5.75 Å². The maximum absolute atomic E-state index is 12.2. The summed E-state index contributed by atoms with van der Waals surface area (Å²) in [6.45, 7) is 1.52. The van der Waals surface area contributed by atoms with Gasteiger partial charge in [0.15, 0.2) is 0 Å². The Labute approximate surface area is 158 Å². The Kier molecular flexibility index (Phi) is 5.48. The first-order chi connectivity index (χ1) is 12.8. The van der Waals surface area contributed by atoms with Crippen molar-refractivity contribution in [2.45, 2.75) is 38.6 Å². The number of hydrogen-bond acceptors (Lipinski definition) is 5. The van der Waals surface area contributed by atoms with Crippen LogP contribution in [0.1, 0.15) is 31.7 Å². The van der Waals surface area contributed by atoms with Gasteiger partial charge in [-0.25, -0.2) is 0 Å². The first kappa shape index (κ1) is 19.3. The van der Waals surface area contributed by atoms with Crippen LogP contribution in [0, 0.1) is 0 Å². The van der Waals surface area contributed by atoms with Crippen molar-refractivity contribution in [2.24, 2.45) is 0 Å². The lowest BCUT2D eigenvalue weighted by Gasteiger charge is -2.18. The molecule has 2 aromatic rings. The molecule has 1 heterocycles. The standard InChI is InChI=1S/C19H22N2O5S/c1-13(23)4-2-3-5-14-6-7-15-10-19(24)18(9-16(15)8-14)21-11-17(12-22)20-27(21,25)26/h6-10,12,17,20,24H,2-5,11H2,1H3. The predicted molar refractivity (Wildman–Crippen MR) is 103 cm³/mol. The molecule has 0 spiro atoms. The quantitative estimate of drug-likeness (QED) is 0.556. The number of nitrogens with zero attached hydrogens (tertiary/aromatic N) is 1. The van der Waals surface area contributed by atoms with Crippen LogP contribution in [0.4, 0.5) is 5.69 Å². The number of fused-ring (bicyclic) bond motifs is 1. The zero-order valence-corrected chi connectivity index (χ0v) is 15.8. The number of aromatic hydroxyl groups is 1. The molecular weight excluding hydrogens is 368 g/mol. The van der Waals surface area contributed by atoms with E-state index in [-0.39, 0.29) is 23.8 Å². The molecule has 1 aliphatic heterocycles. The van der Waals surface area contributed by atoms with Gasteiger partial charge in [0, 0.05) is 6.42 Å². The highest BCUT2D eigenvalue weighted by molar-refractivity contribution is 7.91. The van der Waals surface area contributed by atoms with Gasteiger partial charge in [0.25, 0.3) is 0 Å². The molecule has 2 N–H and O–H groups in total. The van der Waals surface area contributed by atoms with Crippen molar-refractivity contribution < 1.29 is 23.1 Å². The predicted octanol–water partition coefficient (Wildman–Crippen LogP) is 2.07. The Morgan fingerprint density at radius 2 is 2.04 bits per heavy atom. The Hall–Kier alpha value is -2.45. The number of anilines is 1. The zero-order chi connectivity index (χ0) is 19.6. The highest BCUT2D eigenvalue weighted by Gasteiger charge is 2.36. The van der Waals surface area contributed by atoms with Crippen molar-refractivity contribution in [2.75, 3.05) is 10.8 Å². The summed E-state index contributed by atoms with van der Waals surface area (Å²) in [5, 5.41) is 11.9. The fourth-order valence-electron chi connectivity index (χ4n) is 3.25. The van der Waals surface area contributed by atoms with Crippen molar-refractivity contribution >= 4 is 38.7 Å². The molecule has 0 aliphatic carbocycles. The molecule has 7 nitrogen and oxygen atoms in total. The smallest absolute Gasteiger partial charge is 0.302 e. The SMILES string of the molecule is CC(=O)CCCCc1ccc2cc(O)c(N3CC(C=O)NS3(=O)=O)cc2c1. The molecule has 1 fully saturated rings. The maximum atomic E-state index is 12.2. The Morgan fingerprint density at radius 3 is 2.70 bits per heavy atom. The Morgan fingerprint density at radius 1 is 1.26 bits per heavy atom. The largest absolute Gasteiger partial charge is 0.506 e. The third-order valence-electron chi connectivity index (χ3n) is 4.63. The normalized spacial score (nSPS) is 18.7. The molecule has 0 saturated carbocycles. The number of nitrogens with one attached hydrogen (secondary N) is 1. The van der Waals surface area contributed by atoms with Crippen LogP contribution in [0.25, 0.3) is 10.8 Å². The average Bonchev–Trinajstić information content (AvgIpc) is 2.92. The van der Waals surface area contributed by atoms with Crippen LogP contribution in [0.2, 0.25) is 0 Å². The summed E-state index contributed by atoms with van der Waals surface area (Å²) in [5.41, 5.74) is 1.23. The van der Waals surface area contributed by atoms with E-state index in [0.717, 1.165) is 39.9 Å². The number of aldehydes is 1. The van der Waals surface area contributed by atoms with Crippen LogP contribution >= 0.6 is 0 Å². The molecule has 1 saturated heterocycles. The van der Waals surface area contributed by atoms with Crippen LogP contribution in [-0.2, 0) is 26.2 Å². The molecule has 0 bridgehead atoms. The van der Waals surface area contributed by atoms with Gasteiger partial charge in [0.05, 0.1) is 18.3 Å². The fourth-order valence-corrected chi connectivity index (χ4v) is 4.65. The van der Waals surface area contributed by atoms with Gasteiger partial charge < -0.3 is 14.7 Å². The third kappa shape index (κ3) is 4.28. The average molecular weight is 390 g/mol. The molecule has 1 aliphatic rings. The van der Waals surface area contributed by atoms with Gasteiger partial charge >= 0.3 is 10.2 Å². The summed E-state index contributed by atoms with van der Waals surface area (Å²) in [5.74, 6) is 0.0244. The van der Waals surface area contributed by atoms with E-state index in [9.17, 15) is 23.1 Å². The van der Waals surface area contributed by atoms with Crippen LogP contribution in [0.3, 0.4) is 0 Å². The summed E-state index contributed by atoms with van der Waals surface area (Å²) in [6.07, 6.45) is 3.65. The lowest BCUT2D eigenvalue weighted by atomic mass is 10.0. The molecule has 0 amide bonds. The van der Waals surface area contributed by atoms with Gasteiger partial charge in [-0.05, 0) is 54.7 Å². The molecule has 1 unspecified atom stereocenters. The molecule has 2 aromatic carbocycles. The van der Waals surface area contributed by atoms with Gasteiger partial charge in [-0.2, -0.15) is 13.1 Å². The third-order valence-corrected chi connectivity index (χ3v) is 6.15. The van der Waals surface area contributed by atoms with Gasteiger partial charge in [0.2, 0.25) is 0 Å². The number of carbonyl (C=O) groups is 2. The lowest BCUT2D eigenvalue weighted by Crippen LogP contribution is -2.30. The summed E-state index contributed by atoms with van der Waals surface area (Å²) < 4.78 is 27.7. The van der Waals surface area contributed by atoms with Crippen molar-refractivity contribution in [3.63, 3.8) is 0 Å². The fraction of sp³-hybridized carbons (Fsp3) is 0.368. The molecule has 144 valence electrons. The first-order valence-electron chi connectivity index (χ1n) is 8.80. The second-order valence-electron chi connectivity index (χ2n) is 6.83. The van der Waals surface area contributed by atoms with Crippen LogP contribution in [0.5, 0.6) is 5.75 Å². The number of hydrogen-bond donors (Lipinski definition) is 2. The lowest BCUT2D eigenvalue weighted by molar-refractivity contribution is -0.117. The van der Waals surface area contributed by atoms with E-state index in [1.54, 1.807) is 13.0 Å². The number of ketones is 1. The minimum atomic E-state index is -3.87. The summed E-state index contributed by atoms with van der Waals surface area (Å²) in [4.78, 5) is 22.0. The number of phenols is 1. The van der Waals surface area contributed by atoms with Gasteiger partial charge in [0.1, 0.15) is 17.8 Å². The molecular formula is C19H22N2O5S. The molecule has 0 radical (unpaired) electrons. The van der Waals surface area contributed by atoms with E-state index in [4.69, 9.17) is 0 Å². The number of carbonyl (C=O) groups excluding carboxylic acids is 2. The van der Waals surface area contributed by atoms with E-state index >= 15 is 0 Å². The highest BCUT2D eigenvalue weighted by atomic mass is 32.2. The van der Waals surface area contributed by atoms with Crippen LogP contribution in [-0.4, -0.2) is 38.2 Å². The van der Waals surface area contributed by atoms with Crippen molar-refractivity contribution in [1.29, 1.82) is 0 Å². The summed E-state index contributed by atoms with van der Waals surface area (Å²) >= 11 is 0. The van der Waals surface area contributed by atoms with E-state index in [0.29, 0.717) is 12.7 Å². The van der Waals surface area contributed by atoms with Crippen LogP contribution in [0.15, 0.2) is 30.3 Å². The number of Topliss-reactive ketones (excluding diaryl/α,β-unsaturated/α-hetero) is 1. The number of benzene rings is 2. The van der Waals surface area contributed by atoms with Gasteiger partial charge in [-0.15, -0.1) is 0 Å². The van der Waals surface area contributed by atoms with Crippen molar-refractivity contribution in [3.05, 3.63) is 35.9 Å². The Balaban J connectivity index is 1.88. The van der Waals surface area contributed by atoms with Crippen LogP contribution < -0.4 is 9.03 Å². The minimum Gasteiger partial charge on any atom is -0.506 e. The van der Waals surface area contributed by atoms with E-state index < -0.39 is 16.3 Å². The second-order valence-corrected chi connectivity index (χ2v) is 8.45. The Bertz CT molecular complexity index is 987. The molecule has 1 atom stereocenters. The topological polar surface area (TPSA) is 104 Å². The molecule has 3 rings (SSSR count). The molecule has 8 heteroatoms. The summed E-state index contributed by atoms with van der Waals surface area (Å²) in [6, 6.07) is 8.11.